The summed E-state index contributed by atoms with van der Waals surface area (Å²) in [5, 5.41) is 0. The van der Waals surface area contributed by atoms with Gasteiger partial charge >= 0.3 is 5.97 Å². The molecule has 3 nitrogen and oxygen atoms in total. The molecule has 4 heteroatoms. The third-order valence-electron chi connectivity index (χ3n) is 1.65. The van der Waals surface area contributed by atoms with E-state index in [9.17, 15) is 4.79 Å². The summed E-state index contributed by atoms with van der Waals surface area (Å²) in [4.78, 5) is 10.8. The number of carbonyl (C=O) groups excluding carboxylic acids is 1. The van der Waals surface area contributed by atoms with Gasteiger partial charge in [-0.3, -0.25) is 0 Å². The van der Waals surface area contributed by atoms with Crippen LogP contribution in [0.25, 0.3) is 0 Å². The average molecular weight is 269 g/mol. The van der Waals surface area contributed by atoms with Crippen molar-refractivity contribution in [2.45, 2.75) is 0 Å². The monoisotopic (exact) mass is 268 g/mol. The van der Waals surface area contributed by atoms with Crippen molar-refractivity contribution in [2.24, 2.45) is 0 Å². The van der Waals surface area contributed by atoms with Gasteiger partial charge in [0.2, 0.25) is 0 Å². The van der Waals surface area contributed by atoms with E-state index in [1.165, 1.54) is 7.11 Å². The third-order valence-corrected chi connectivity index (χ3v) is 2.14. The molecular weight excluding hydrogens is 260 g/mol. The zero-order chi connectivity index (χ0) is 11.3. The van der Waals surface area contributed by atoms with Gasteiger partial charge in [0.1, 0.15) is 5.75 Å². The second kappa shape index (κ2) is 5.42. The summed E-state index contributed by atoms with van der Waals surface area (Å²) >= 11 is 3.31. The van der Waals surface area contributed by atoms with Crippen molar-refractivity contribution in [2.75, 3.05) is 14.2 Å². The first-order valence-electron chi connectivity index (χ1n) is 4.11. The first-order valence-corrected chi connectivity index (χ1v) is 4.90. The molecule has 78 valence electrons. The molecule has 0 aliphatic carbocycles. The Bertz CT molecular complexity index is 429. The van der Waals surface area contributed by atoms with E-state index >= 15 is 0 Å². The van der Waals surface area contributed by atoms with Crippen LogP contribution in [0.1, 0.15) is 5.56 Å². The summed E-state index contributed by atoms with van der Waals surface area (Å²) in [5.74, 6) is 5.06. The number of carbonyl (C=O) groups is 1. The Balaban J connectivity index is 3.05. The van der Waals surface area contributed by atoms with Crippen LogP contribution in [-0.4, -0.2) is 20.2 Å². The lowest BCUT2D eigenvalue weighted by Crippen LogP contribution is -1.95. The highest BCUT2D eigenvalue weighted by molar-refractivity contribution is 9.10. The normalized spacial score (nSPS) is 8.73. The Morgan fingerprint density at radius 2 is 2.13 bits per heavy atom. The second-order valence-electron chi connectivity index (χ2n) is 2.59. The van der Waals surface area contributed by atoms with Gasteiger partial charge in [0.05, 0.1) is 19.8 Å². The van der Waals surface area contributed by atoms with Crippen LogP contribution in [0.4, 0.5) is 0 Å². The Hall–Kier alpha value is -1.47. The maximum atomic E-state index is 10.8. The summed E-state index contributed by atoms with van der Waals surface area (Å²) in [6, 6.07) is 5.38. The fraction of sp³-hybridized carbons (Fsp3) is 0.182. The summed E-state index contributed by atoms with van der Waals surface area (Å²) in [7, 11) is 2.84. The highest BCUT2D eigenvalue weighted by Gasteiger charge is 2.00. The molecule has 0 bridgehead atoms. The van der Waals surface area contributed by atoms with Crippen LogP contribution in [0.5, 0.6) is 5.75 Å². The minimum atomic E-state index is -0.572. The van der Waals surface area contributed by atoms with Gasteiger partial charge in [-0.15, -0.1) is 0 Å². The smallest absolute Gasteiger partial charge is 0.384 e. The predicted molar refractivity (Wildman–Crippen MR) is 59.6 cm³/mol. The Kier molecular flexibility index (Phi) is 4.19. The van der Waals surface area contributed by atoms with Gasteiger partial charge in [-0.2, -0.15) is 0 Å². The van der Waals surface area contributed by atoms with E-state index in [0.29, 0.717) is 11.3 Å². The van der Waals surface area contributed by atoms with Crippen LogP contribution in [0.2, 0.25) is 0 Å². The standard InChI is InChI=1S/C11H9BrO3/c1-14-10-5-4-9(12)7-8(10)3-6-11(13)15-2/h4-5,7H,1-2H3. The lowest BCUT2D eigenvalue weighted by molar-refractivity contribution is -0.133. The molecule has 0 aliphatic rings. The fourth-order valence-electron chi connectivity index (χ4n) is 0.947. The van der Waals surface area contributed by atoms with Crippen LogP contribution in [0.15, 0.2) is 22.7 Å². The molecule has 0 fully saturated rings. The van der Waals surface area contributed by atoms with Gasteiger partial charge in [0.15, 0.2) is 0 Å². The molecule has 0 aromatic heterocycles. The van der Waals surface area contributed by atoms with E-state index in [0.717, 1.165) is 4.47 Å². The number of hydrogen-bond donors (Lipinski definition) is 0. The van der Waals surface area contributed by atoms with E-state index in [2.05, 4.69) is 32.5 Å². The second-order valence-corrected chi connectivity index (χ2v) is 3.50. The highest BCUT2D eigenvalue weighted by Crippen LogP contribution is 2.21. The molecule has 0 amide bonds. The number of ether oxygens (including phenoxy) is 2. The van der Waals surface area contributed by atoms with Crippen LogP contribution in [0.3, 0.4) is 0 Å². The van der Waals surface area contributed by atoms with E-state index in [1.807, 2.05) is 6.07 Å². The number of esters is 1. The van der Waals surface area contributed by atoms with Crippen molar-refractivity contribution in [3.05, 3.63) is 28.2 Å². The summed E-state index contributed by atoms with van der Waals surface area (Å²) in [6.45, 7) is 0. The third kappa shape index (κ3) is 3.30. The van der Waals surface area contributed by atoms with Crippen molar-refractivity contribution < 1.29 is 14.3 Å². The van der Waals surface area contributed by atoms with Gasteiger partial charge in [0.25, 0.3) is 0 Å². The number of rotatable bonds is 1. The van der Waals surface area contributed by atoms with Gasteiger partial charge in [-0.05, 0) is 18.2 Å². The van der Waals surface area contributed by atoms with Crippen LogP contribution in [0, 0.1) is 11.8 Å². The summed E-state index contributed by atoms with van der Waals surface area (Å²) in [5.41, 5.74) is 0.636. The molecule has 0 N–H and O–H groups in total. The maximum Gasteiger partial charge on any atom is 0.384 e. The van der Waals surface area contributed by atoms with Crippen molar-refractivity contribution in [1.29, 1.82) is 0 Å². The lowest BCUT2D eigenvalue weighted by atomic mass is 10.2. The van der Waals surface area contributed by atoms with Gasteiger partial charge in [-0.25, -0.2) is 4.79 Å². The van der Waals surface area contributed by atoms with Crippen molar-refractivity contribution >= 4 is 21.9 Å². The molecule has 0 saturated heterocycles. The largest absolute Gasteiger partial charge is 0.495 e. The number of methoxy groups -OCH3 is 2. The molecule has 0 aliphatic heterocycles. The van der Waals surface area contributed by atoms with Gasteiger partial charge < -0.3 is 9.47 Å². The van der Waals surface area contributed by atoms with Crippen molar-refractivity contribution in [3.8, 4) is 17.6 Å². The van der Waals surface area contributed by atoms with E-state index in [1.54, 1.807) is 19.2 Å². The molecule has 0 spiro atoms. The van der Waals surface area contributed by atoms with Gasteiger partial charge in [0, 0.05) is 10.4 Å². The van der Waals surface area contributed by atoms with Crippen LogP contribution < -0.4 is 4.74 Å². The van der Waals surface area contributed by atoms with E-state index < -0.39 is 5.97 Å². The van der Waals surface area contributed by atoms with Crippen molar-refractivity contribution in [3.63, 3.8) is 0 Å². The minimum Gasteiger partial charge on any atom is -0.495 e. The number of benzene rings is 1. The quantitative estimate of drug-likeness (QED) is 0.577. The molecule has 0 saturated carbocycles. The SMILES string of the molecule is COC(=O)C#Cc1cc(Br)ccc1OC. The fourth-order valence-corrected chi connectivity index (χ4v) is 1.31. The Morgan fingerprint density at radius 1 is 1.40 bits per heavy atom. The van der Waals surface area contributed by atoms with E-state index in [4.69, 9.17) is 4.74 Å². The molecule has 1 rings (SSSR count). The number of hydrogen-bond acceptors (Lipinski definition) is 3. The minimum absolute atomic E-state index is 0.572. The molecule has 0 unspecified atom stereocenters. The topological polar surface area (TPSA) is 35.5 Å². The zero-order valence-electron chi connectivity index (χ0n) is 8.33. The maximum absolute atomic E-state index is 10.8. The summed E-state index contributed by atoms with van der Waals surface area (Å²) < 4.78 is 10.4. The number of halogens is 1. The molecule has 1 aromatic carbocycles. The van der Waals surface area contributed by atoms with Crippen LogP contribution >= 0.6 is 15.9 Å². The zero-order valence-corrected chi connectivity index (χ0v) is 9.92. The summed E-state index contributed by atoms with van der Waals surface area (Å²) in [6.07, 6.45) is 0. The van der Waals surface area contributed by atoms with Gasteiger partial charge in [-0.1, -0.05) is 21.9 Å². The molecule has 15 heavy (non-hydrogen) atoms. The first-order chi connectivity index (χ1) is 7.17. The van der Waals surface area contributed by atoms with Crippen molar-refractivity contribution in [1.82, 2.24) is 0 Å². The van der Waals surface area contributed by atoms with E-state index in [-0.39, 0.29) is 0 Å². The molecule has 0 radical (unpaired) electrons. The molecule has 1 aromatic rings. The average Bonchev–Trinajstić information content (AvgIpc) is 2.26. The molecule has 0 heterocycles. The molecular formula is C11H9BrO3. The first kappa shape index (κ1) is 11.6. The van der Waals surface area contributed by atoms with Crippen LogP contribution in [-0.2, 0) is 9.53 Å². The Labute approximate surface area is 96.5 Å². The Morgan fingerprint density at radius 3 is 2.73 bits per heavy atom. The predicted octanol–water partition coefficient (Wildman–Crippen LogP) is 1.98. The lowest BCUT2D eigenvalue weighted by Gasteiger charge is -2.02. The highest BCUT2D eigenvalue weighted by atomic mass is 79.9. The molecule has 0 atom stereocenters.